The summed E-state index contributed by atoms with van der Waals surface area (Å²) < 4.78 is 0. The van der Waals surface area contributed by atoms with Gasteiger partial charge in [0, 0.05) is 13.1 Å². The van der Waals surface area contributed by atoms with Gasteiger partial charge in [-0.15, -0.1) is 0 Å². The minimum Gasteiger partial charge on any atom is -0.480 e. The Morgan fingerprint density at radius 2 is 1.70 bits per heavy atom. The van der Waals surface area contributed by atoms with E-state index < -0.39 is 60.3 Å². The van der Waals surface area contributed by atoms with E-state index in [4.69, 9.17) is 16.9 Å². The summed E-state index contributed by atoms with van der Waals surface area (Å²) in [7, 11) is 0. The van der Waals surface area contributed by atoms with Crippen molar-refractivity contribution in [3.8, 4) is 0 Å². The number of thioether (sulfide) groups is 1. The van der Waals surface area contributed by atoms with Crippen molar-refractivity contribution in [1.29, 1.82) is 5.41 Å². The molecule has 0 unspecified atom stereocenters. The molecule has 0 radical (unpaired) electrons. The van der Waals surface area contributed by atoms with Gasteiger partial charge in [0.1, 0.15) is 24.2 Å². The lowest BCUT2D eigenvalue weighted by atomic mass is 10.0. The Morgan fingerprint density at radius 1 is 1.00 bits per heavy atom. The number of carbonyl (C=O) groups is 6. The number of guanidine groups is 1. The molecular formula is C26H47N9O7S. The van der Waals surface area contributed by atoms with Crippen LogP contribution in [-0.4, -0.2) is 114 Å². The number of aliphatic carboxylic acids is 1. The Balaban J connectivity index is 2.79. The van der Waals surface area contributed by atoms with Gasteiger partial charge >= 0.3 is 5.97 Å². The average molecular weight is 630 g/mol. The van der Waals surface area contributed by atoms with Crippen LogP contribution in [0.5, 0.6) is 0 Å². The SMILES string of the molecule is CSCC[C@H](NC(=O)CNC(=O)[C@H](CC(C)C)NC(=O)[C@@H]1CCCN1C(=O)CN)C(=O)N[C@@H](CCCNC(=N)N)C(=O)O. The largest absolute Gasteiger partial charge is 0.480 e. The second-order valence-corrected chi connectivity index (χ2v) is 11.6. The average Bonchev–Trinajstić information content (AvgIpc) is 3.44. The molecular weight excluding hydrogens is 582 g/mol. The van der Waals surface area contributed by atoms with Crippen molar-refractivity contribution < 1.29 is 33.9 Å². The van der Waals surface area contributed by atoms with Gasteiger partial charge in [0.15, 0.2) is 5.96 Å². The zero-order valence-electron chi connectivity index (χ0n) is 25.1. The van der Waals surface area contributed by atoms with Crippen LogP contribution >= 0.6 is 11.8 Å². The van der Waals surface area contributed by atoms with Crippen LogP contribution in [0.1, 0.15) is 52.4 Å². The van der Waals surface area contributed by atoms with Crippen molar-refractivity contribution in [2.24, 2.45) is 17.4 Å². The summed E-state index contributed by atoms with van der Waals surface area (Å²) in [6, 6.07) is -3.95. The standard InChI is InChI=1S/C26H47N9O7S/c1-15(2)12-18(34-24(40)19-7-5-10-35(19)21(37)13-27)22(38)31-14-20(36)32-16(8-11-43-3)23(39)33-17(25(41)42)6-4-9-30-26(28)29/h15-19H,4-14,27H2,1-3H3,(H,31,38)(H,32,36)(H,33,39)(H,34,40)(H,41,42)(H4,28,29,30)/t16-,17-,18-,19-/m0/s1. The fourth-order valence-corrected chi connectivity index (χ4v) is 5.00. The number of nitrogens with two attached hydrogens (primary N) is 2. The van der Waals surface area contributed by atoms with Crippen LogP contribution in [0.2, 0.25) is 0 Å². The molecule has 0 aromatic carbocycles. The molecule has 0 spiro atoms. The van der Waals surface area contributed by atoms with Crippen LogP contribution < -0.4 is 38.1 Å². The van der Waals surface area contributed by atoms with Crippen molar-refractivity contribution in [2.75, 3.05) is 38.2 Å². The zero-order chi connectivity index (χ0) is 32.5. The van der Waals surface area contributed by atoms with Crippen molar-refractivity contribution in [2.45, 2.75) is 76.5 Å². The highest BCUT2D eigenvalue weighted by atomic mass is 32.2. The number of carbonyl (C=O) groups excluding carboxylic acids is 5. The molecule has 0 aromatic rings. The van der Waals surface area contributed by atoms with Gasteiger partial charge in [-0.25, -0.2) is 4.79 Å². The number of nitrogens with one attached hydrogen (secondary N) is 6. The third-order valence-corrected chi connectivity index (χ3v) is 7.32. The lowest BCUT2D eigenvalue weighted by Crippen LogP contribution is -2.56. The monoisotopic (exact) mass is 629 g/mol. The van der Waals surface area contributed by atoms with E-state index >= 15 is 0 Å². The normalized spacial score (nSPS) is 16.5. The van der Waals surface area contributed by atoms with E-state index in [1.807, 2.05) is 20.1 Å². The highest BCUT2D eigenvalue weighted by Crippen LogP contribution is 2.18. The van der Waals surface area contributed by atoms with Gasteiger partial charge in [0.2, 0.25) is 29.5 Å². The fourth-order valence-electron chi connectivity index (χ4n) is 4.53. The summed E-state index contributed by atoms with van der Waals surface area (Å²) in [5, 5.41) is 29.4. The van der Waals surface area contributed by atoms with Crippen molar-refractivity contribution in [3.63, 3.8) is 0 Å². The molecule has 1 aliphatic rings. The molecule has 4 atom stereocenters. The van der Waals surface area contributed by atoms with Gasteiger partial charge < -0.3 is 48.1 Å². The van der Waals surface area contributed by atoms with Crippen LogP contribution in [0.3, 0.4) is 0 Å². The molecule has 0 bridgehead atoms. The van der Waals surface area contributed by atoms with E-state index in [9.17, 15) is 33.9 Å². The second kappa shape index (κ2) is 19.6. The van der Waals surface area contributed by atoms with Crippen molar-refractivity contribution in [3.05, 3.63) is 0 Å². The van der Waals surface area contributed by atoms with Gasteiger partial charge in [-0.1, -0.05) is 13.8 Å². The molecule has 5 amide bonds. The first-order valence-corrected chi connectivity index (χ1v) is 15.7. The molecule has 43 heavy (non-hydrogen) atoms. The van der Waals surface area contributed by atoms with Gasteiger partial charge in [-0.05, 0) is 56.5 Å². The Labute approximate surface area is 256 Å². The first-order valence-electron chi connectivity index (χ1n) is 14.3. The first-order chi connectivity index (χ1) is 20.3. The van der Waals surface area contributed by atoms with Crippen LogP contribution in [0, 0.1) is 11.3 Å². The minimum atomic E-state index is -1.25. The molecule has 244 valence electrons. The number of likely N-dealkylation sites (tertiary alicyclic amines) is 1. The van der Waals surface area contributed by atoms with E-state index in [1.165, 1.54) is 16.7 Å². The van der Waals surface area contributed by atoms with Gasteiger partial charge in [-0.2, -0.15) is 11.8 Å². The summed E-state index contributed by atoms with van der Waals surface area (Å²) in [6.07, 6.45) is 3.81. The first kappa shape index (κ1) is 37.4. The maximum atomic E-state index is 13.0. The Bertz CT molecular complexity index is 998. The van der Waals surface area contributed by atoms with Crippen LogP contribution in [0.15, 0.2) is 0 Å². The van der Waals surface area contributed by atoms with E-state index in [1.54, 1.807) is 0 Å². The highest BCUT2D eigenvalue weighted by molar-refractivity contribution is 7.98. The Kier molecular flexibility index (Phi) is 17.0. The quantitative estimate of drug-likeness (QED) is 0.0415. The smallest absolute Gasteiger partial charge is 0.326 e. The molecule has 0 aliphatic carbocycles. The lowest BCUT2D eigenvalue weighted by molar-refractivity contribution is -0.142. The number of rotatable bonds is 19. The summed E-state index contributed by atoms with van der Waals surface area (Å²) >= 11 is 1.44. The number of carboxylic acids is 1. The Morgan fingerprint density at radius 3 is 2.28 bits per heavy atom. The molecule has 16 nitrogen and oxygen atoms in total. The van der Waals surface area contributed by atoms with E-state index in [0.717, 1.165) is 0 Å². The molecule has 1 rings (SSSR count). The maximum absolute atomic E-state index is 13.0. The number of hydrogen-bond acceptors (Lipinski definition) is 9. The van der Waals surface area contributed by atoms with E-state index in [0.29, 0.717) is 31.6 Å². The van der Waals surface area contributed by atoms with Crippen molar-refractivity contribution in [1.82, 2.24) is 31.5 Å². The van der Waals surface area contributed by atoms with E-state index in [2.05, 4.69) is 26.6 Å². The lowest BCUT2D eigenvalue weighted by Gasteiger charge is -2.26. The zero-order valence-corrected chi connectivity index (χ0v) is 25.9. The molecule has 1 saturated heterocycles. The summed E-state index contributed by atoms with van der Waals surface area (Å²) in [6.45, 7) is 3.71. The number of amides is 5. The predicted molar refractivity (Wildman–Crippen MR) is 162 cm³/mol. The van der Waals surface area contributed by atoms with E-state index in [-0.39, 0.29) is 50.1 Å². The van der Waals surface area contributed by atoms with Gasteiger partial charge in [-0.3, -0.25) is 29.4 Å². The third-order valence-electron chi connectivity index (χ3n) is 6.68. The summed E-state index contributed by atoms with van der Waals surface area (Å²) in [5.74, 6) is -3.74. The second-order valence-electron chi connectivity index (χ2n) is 10.6. The molecule has 1 fully saturated rings. The summed E-state index contributed by atoms with van der Waals surface area (Å²) in [5.41, 5.74) is 10.7. The highest BCUT2D eigenvalue weighted by Gasteiger charge is 2.35. The molecule has 17 heteroatoms. The van der Waals surface area contributed by atoms with Crippen LogP contribution in [-0.2, 0) is 28.8 Å². The third kappa shape index (κ3) is 13.9. The topological polar surface area (TPSA) is 262 Å². The van der Waals surface area contributed by atoms with Crippen LogP contribution in [0.4, 0.5) is 0 Å². The van der Waals surface area contributed by atoms with Gasteiger partial charge in [0.05, 0.1) is 13.1 Å². The minimum absolute atomic E-state index is 0.0234. The predicted octanol–water partition coefficient (Wildman–Crippen LogP) is -2.35. The number of hydrogen-bond donors (Lipinski definition) is 9. The molecule has 0 aromatic heterocycles. The summed E-state index contributed by atoms with van der Waals surface area (Å²) in [4.78, 5) is 76.8. The number of carboxylic acid groups (broad SMARTS) is 1. The molecule has 0 saturated carbocycles. The molecule has 1 aliphatic heterocycles. The molecule has 1 heterocycles. The number of nitrogens with zero attached hydrogens (tertiary/aromatic N) is 1. The van der Waals surface area contributed by atoms with Gasteiger partial charge in [0.25, 0.3) is 0 Å². The molecule has 11 N–H and O–H groups in total. The maximum Gasteiger partial charge on any atom is 0.326 e. The van der Waals surface area contributed by atoms with Crippen LogP contribution in [0.25, 0.3) is 0 Å². The Hall–Kier alpha value is -3.60. The van der Waals surface area contributed by atoms with Crippen molar-refractivity contribution >= 4 is 53.2 Å². The fraction of sp³-hybridized carbons (Fsp3) is 0.731.